The van der Waals surface area contributed by atoms with Gasteiger partial charge in [0.25, 0.3) is 5.91 Å². The highest BCUT2D eigenvalue weighted by molar-refractivity contribution is 5.94. The maximum absolute atomic E-state index is 13.4. The first-order chi connectivity index (χ1) is 10.5. The quantitative estimate of drug-likeness (QED) is 0.523. The number of hydrogen-bond acceptors (Lipinski definition) is 2. The van der Waals surface area contributed by atoms with Gasteiger partial charge in [0.1, 0.15) is 18.2 Å². The van der Waals surface area contributed by atoms with Gasteiger partial charge in [-0.3, -0.25) is 4.79 Å². The molecule has 0 saturated carbocycles. The van der Waals surface area contributed by atoms with Crippen molar-refractivity contribution in [1.29, 1.82) is 0 Å². The molecule has 0 aliphatic heterocycles. The fraction of sp³-hybridized carbons (Fsp3) is 0.133. The van der Waals surface area contributed by atoms with E-state index in [2.05, 4.69) is 5.32 Å². The molecule has 116 valence electrons. The summed E-state index contributed by atoms with van der Waals surface area (Å²) in [6.07, 6.45) is 0. The summed E-state index contributed by atoms with van der Waals surface area (Å²) in [7, 11) is 0. The van der Waals surface area contributed by atoms with Gasteiger partial charge in [0, 0.05) is 0 Å². The summed E-state index contributed by atoms with van der Waals surface area (Å²) in [5, 5.41) is 2.30. The summed E-state index contributed by atoms with van der Waals surface area (Å²) >= 11 is 0. The molecule has 0 saturated heterocycles. The van der Waals surface area contributed by atoms with E-state index in [1.165, 1.54) is 24.3 Å². The number of hydrogen-bond donors (Lipinski definition) is 1. The molecule has 0 fully saturated rings. The lowest BCUT2D eigenvalue weighted by Crippen LogP contribution is -2.29. The van der Waals surface area contributed by atoms with E-state index in [0.717, 1.165) is 6.07 Å². The molecular formula is C15H11F4NO2. The number of rotatable bonds is 5. The van der Waals surface area contributed by atoms with Crippen LogP contribution >= 0.6 is 0 Å². The smallest absolute Gasteiger partial charge is 0.254 e. The Morgan fingerprint density at radius 2 is 1.64 bits per heavy atom. The lowest BCUT2D eigenvalue weighted by Gasteiger charge is -2.08. The molecule has 2 rings (SSSR count). The third-order valence-electron chi connectivity index (χ3n) is 2.75. The predicted octanol–water partition coefficient (Wildman–Crippen LogP) is 3.05. The fourth-order valence-corrected chi connectivity index (χ4v) is 1.66. The minimum absolute atomic E-state index is 0.00858. The Morgan fingerprint density at radius 1 is 0.955 bits per heavy atom. The zero-order valence-corrected chi connectivity index (χ0v) is 11.2. The molecule has 0 aliphatic rings. The second-order valence-electron chi connectivity index (χ2n) is 4.28. The Balaban J connectivity index is 1.85. The summed E-state index contributed by atoms with van der Waals surface area (Å²) < 4.78 is 57.0. The van der Waals surface area contributed by atoms with E-state index in [-0.39, 0.29) is 13.2 Å². The molecule has 2 aromatic carbocycles. The van der Waals surface area contributed by atoms with Crippen molar-refractivity contribution in [3.05, 3.63) is 65.2 Å². The number of ether oxygens (including phenoxy) is 1. The molecule has 1 amide bonds. The molecule has 0 heterocycles. The van der Waals surface area contributed by atoms with Crippen molar-refractivity contribution in [3.63, 3.8) is 0 Å². The number of benzene rings is 2. The van der Waals surface area contributed by atoms with Crippen LogP contribution in [0.25, 0.3) is 0 Å². The summed E-state index contributed by atoms with van der Waals surface area (Å²) in [6.45, 7) is 0.0529. The standard InChI is InChI=1S/C15H11F4NO2/c16-9-1-3-10(4-2-9)22-8-7-20-15(21)11-5-6-12(17)14(19)13(11)18/h1-6H,7-8H2,(H,20,21). The predicted molar refractivity (Wildman–Crippen MR) is 70.5 cm³/mol. The van der Waals surface area contributed by atoms with Crippen molar-refractivity contribution in [2.45, 2.75) is 0 Å². The Hall–Kier alpha value is -2.57. The largest absolute Gasteiger partial charge is 0.492 e. The number of halogens is 4. The van der Waals surface area contributed by atoms with Crippen molar-refractivity contribution >= 4 is 5.91 Å². The molecule has 0 radical (unpaired) electrons. The number of carbonyl (C=O) groups is 1. The van der Waals surface area contributed by atoms with Gasteiger partial charge >= 0.3 is 0 Å². The Kier molecular flexibility index (Phi) is 4.98. The van der Waals surface area contributed by atoms with Crippen LogP contribution in [0.1, 0.15) is 10.4 Å². The average Bonchev–Trinajstić information content (AvgIpc) is 2.51. The van der Waals surface area contributed by atoms with Gasteiger partial charge in [0.2, 0.25) is 0 Å². The summed E-state index contributed by atoms with van der Waals surface area (Å²) in [5.41, 5.74) is -0.597. The normalized spacial score (nSPS) is 10.4. The van der Waals surface area contributed by atoms with Crippen LogP contribution in [0, 0.1) is 23.3 Å². The van der Waals surface area contributed by atoms with E-state index in [0.29, 0.717) is 11.8 Å². The minimum Gasteiger partial charge on any atom is -0.492 e. The monoisotopic (exact) mass is 313 g/mol. The second-order valence-corrected chi connectivity index (χ2v) is 4.28. The summed E-state index contributed by atoms with van der Waals surface area (Å²) in [6, 6.07) is 6.76. The molecule has 0 atom stereocenters. The van der Waals surface area contributed by atoms with Gasteiger partial charge < -0.3 is 10.1 Å². The highest BCUT2D eigenvalue weighted by Gasteiger charge is 2.18. The van der Waals surface area contributed by atoms with Crippen molar-refractivity contribution in [1.82, 2.24) is 5.32 Å². The maximum atomic E-state index is 13.4. The van der Waals surface area contributed by atoms with E-state index in [1.54, 1.807) is 0 Å². The molecule has 0 aromatic heterocycles. The Morgan fingerprint density at radius 3 is 2.32 bits per heavy atom. The van der Waals surface area contributed by atoms with Crippen molar-refractivity contribution < 1.29 is 27.1 Å². The molecule has 3 nitrogen and oxygen atoms in total. The number of amides is 1. The van der Waals surface area contributed by atoms with Gasteiger partial charge in [-0.15, -0.1) is 0 Å². The van der Waals surface area contributed by atoms with E-state index < -0.39 is 34.7 Å². The average molecular weight is 313 g/mol. The molecular weight excluding hydrogens is 302 g/mol. The number of nitrogens with one attached hydrogen (secondary N) is 1. The zero-order chi connectivity index (χ0) is 16.1. The van der Waals surface area contributed by atoms with E-state index in [4.69, 9.17) is 4.74 Å². The van der Waals surface area contributed by atoms with Gasteiger partial charge in [-0.1, -0.05) is 0 Å². The second kappa shape index (κ2) is 6.93. The van der Waals surface area contributed by atoms with E-state index >= 15 is 0 Å². The molecule has 0 aliphatic carbocycles. The fourth-order valence-electron chi connectivity index (χ4n) is 1.66. The lowest BCUT2D eigenvalue weighted by molar-refractivity contribution is 0.0941. The summed E-state index contributed by atoms with van der Waals surface area (Å²) in [5.74, 6) is -5.51. The molecule has 0 spiro atoms. The van der Waals surface area contributed by atoms with E-state index in [1.807, 2.05) is 0 Å². The Labute approximate surface area is 123 Å². The first-order valence-electron chi connectivity index (χ1n) is 6.29. The van der Waals surface area contributed by atoms with Gasteiger partial charge in [0.15, 0.2) is 17.5 Å². The molecule has 0 bridgehead atoms. The molecule has 0 unspecified atom stereocenters. The van der Waals surface area contributed by atoms with Crippen LogP contribution in [-0.4, -0.2) is 19.1 Å². The molecule has 7 heteroatoms. The number of carbonyl (C=O) groups excluding carboxylic acids is 1. The zero-order valence-electron chi connectivity index (χ0n) is 11.2. The van der Waals surface area contributed by atoms with E-state index in [9.17, 15) is 22.4 Å². The molecule has 22 heavy (non-hydrogen) atoms. The lowest BCUT2D eigenvalue weighted by atomic mass is 10.2. The van der Waals surface area contributed by atoms with Gasteiger partial charge in [-0.2, -0.15) is 0 Å². The van der Waals surface area contributed by atoms with Crippen LogP contribution in [-0.2, 0) is 0 Å². The van der Waals surface area contributed by atoms with Gasteiger partial charge in [-0.25, -0.2) is 17.6 Å². The van der Waals surface area contributed by atoms with Crippen molar-refractivity contribution in [3.8, 4) is 5.75 Å². The van der Waals surface area contributed by atoms with Crippen LogP contribution in [0.15, 0.2) is 36.4 Å². The van der Waals surface area contributed by atoms with Gasteiger partial charge in [-0.05, 0) is 36.4 Å². The third kappa shape index (κ3) is 3.75. The van der Waals surface area contributed by atoms with Crippen molar-refractivity contribution in [2.75, 3.05) is 13.2 Å². The van der Waals surface area contributed by atoms with Crippen LogP contribution in [0.3, 0.4) is 0 Å². The molecule has 2 aromatic rings. The highest BCUT2D eigenvalue weighted by atomic mass is 19.2. The summed E-state index contributed by atoms with van der Waals surface area (Å²) in [4.78, 5) is 11.6. The Bertz CT molecular complexity index is 674. The van der Waals surface area contributed by atoms with Crippen molar-refractivity contribution in [2.24, 2.45) is 0 Å². The van der Waals surface area contributed by atoms with Crippen LogP contribution in [0.4, 0.5) is 17.6 Å². The maximum Gasteiger partial charge on any atom is 0.254 e. The van der Waals surface area contributed by atoms with Gasteiger partial charge in [0.05, 0.1) is 12.1 Å². The third-order valence-corrected chi connectivity index (χ3v) is 2.75. The van der Waals surface area contributed by atoms with Crippen LogP contribution in [0.2, 0.25) is 0 Å². The first-order valence-corrected chi connectivity index (χ1v) is 6.29. The SMILES string of the molecule is O=C(NCCOc1ccc(F)cc1)c1ccc(F)c(F)c1F. The van der Waals surface area contributed by atoms with Crippen LogP contribution < -0.4 is 10.1 Å². The molecule has 1 N–H and O–H groups in total. The first kappa shape index (κ1) is 15.8. The van der Waals surface area contributed by atoms with Crippen LogP contribution in [0.5, 0.6) is 5.75 Å². The highest BCUT2D eigenvalue weighted by Crippen LogP contribution is 2.15. The minimum atomic E-state index is -1.70. The topological polar surface area (TPSA) is 38.3 Å².